The summed E-state index contributed by atoms with van der Waals surface area (Å²) in [5, 5.41) is 0. The summed E-state index contributed by atoms with van der Waals surface area (Å²) in [6.07, 6.45) is 1.70. The molecule has 2 rings (SSSR count). The van der Waals surface area contributed by atoms with Crippen LogP contribution in [0.15, 0.2) is 22.9 Å². The molecule has 4 nitrogen and oxygen atoms in total. The number of H-pyrrole nitrogens is 1. The molecule has 0 saturated heterocycles. The maximum atomic E-state index is 6.25. The van der Waals surface area contributed by atoms with E-state index in [0.717, 1.165) is 27.0 Å². The van der Waals surface area contributed by atoms with Crippen molar-refractivity contribution in [3.05, 3.63) is 45.4 Å². The number of benzene rings is 1. The second-order valence-corrected chi connectivity index (χ2v) is 5.15. The quantitative estimate of drug-likeness (QED) is 0.916. The number of aryl methyl sites for hydroxylation is 2. The molecule has 0 aliphatic rings. The van der Waals surface area contributed by atoms with Crippen molar-refractivity contribution in [3.8, 4) is 5.75 Å². The molecule has 0 radical (unpaired) electrons. The number of aromatic nitrogens is 2. The summed E-state index contributed by atoms with van der Waals surface area (Å²) in [4.78, 5) is 7.33. The van der Waals surface area contributed by atoms with Gasteiger partial charge in [-0.3, -0.25) is 0 Å². The van der Waals surface area contributed by atoms with Crippen LogP contribution in [0.3, 0.4) is 0 Å². The number of nitrogens with one attached hydrogen (secondary N) is 1. The highest BCUT2D eigenvalue weighted by Crippen LogP contribution is 2.31. The smallest absolute Gasteiger partial charge is 0.128 e. The minimum atomic E-state index is -0.329. The maximum absolute atomic E-state index is 6.25. The maximum Gasteiger partial charge on any atom is 0.128 e. The first kappa shape index (κ1) is 13.1. The molecule has 0 bridgehead atoms. The first-order valence-electron chi connectivity index (χ1n) is 5.64. The Labute approximate surface area is 115 Å². The van der Waals surface area contributed by atoms with Gasteiger partial charge in [-0.05, 0) is 35.3 Å². The van der Waals surface area contributed by atoms with Crippen molar-refractivity contribution < 1.29 is 4.74 Å². The lowest BCUT2D eigenvalue weighted by atomic mass is 9.99. The summed E-state index contributed by atoms with van der Waals surface area (Å²) in [5.41, 5.74) is 9.42. The van der Waals surface area contributed by atoms with Crippen LogP contribution in [0.25, 0.3) is 0 Å². The minimum Gasteiger partial charge on any atom is -0.496 e. The Morgan fingerprint density at radius 3 is 2.67 bits per heavy atom. The summed E-state index contributed by atoms with van der Waals surface area (Å²) in [6.45, 7) is 4.06. The molecule has 1 atom stereocenters. The number of halogens is 1. The first-order chi connectivity index (χ1) is 8.52. The molecule has 0 saturated carbocycles. The van der Waals surface area contributed by atoms with Crippen LogP contribution in [0.5, 0.6) is 5.75 Å². The van der Waals surface area contributed by atoms with Crippen LogP contribution < -0.4 is 10.5 Å². The van der Waals surface area contributed by atoms with Gasteiger partial charge in [0.2, 0.25) is 0 Å². The average molecular weight is 310 g/mol. The second-order valence-electron chi connectivity index (χ2n) is 4.30. The van der Waals surface area contributed by atoms with Crippen LogP contribution in [-0.4, -0.2) is 17.1 Å². The Balaban J connectivity index is 2.49. The zero-order valence-electron chi connectivity index (χ0n) is 10.6. The lowest BCUT2D eigenvalue weighted by Gasteiger charge is -2.17. The molecule has 1 aromatic heterocycles. The molecule has 1 unspecified atom stereocenters. The molecule has 96 valence electrons. The molecule has 0 fully saturated rings. The third kappa shape index (κ3) is 2.42. The molecule has 2 aromatic rings. The summed E-state index contributed by atoms with van der Waals surface area (Å²) < 4.78 is 6.26. The molecule has 0 aliphatic carbocycles. The van der Waals surface area contributed by atoms with Gasteiger partial charge in [0.05, 0.1) is 19.3 Å². The third-order valence-electron chi connectivity index (χ3n) is 2.85. The average Bonchev–Trinajstić information content (AvgIpc) is 2.74. The molecule has 1 aromatic carbocycles. The number of nitrogens with two attached hydrogens (primary N) is 1. The van der Waals surface area contributed by atoms with Crippen molar-refractivity contribution in [2.24, 2.45) is 5.73 Å². The molecule has 5 heteroatoms. The number of hydrogen-bond donors (Lipinski definition) is 2. The largest absolute Gasteiger partial charge is 0.496 e. The number of methoxy groups -OCH3 is 1. The number of ether oxygens (including phenoxy) is 1. The zero-order chi connectivity index (χ0) is 13.3. The molecular weight excluding hydrogens is 294 g/mol. The molecule has 0 amide bonds. The monoisotopic (exact) mass is 309 g/mol. The van der Waals surface area contributed by atoms with E-state index in [2.05, 4.69) is 32.0 Å². The fraction of sp³-hybridized carbons (Fsp3) is 0.308. The van der Waals surface area contributed by atoms with Crippen LogP contribution in [-0.2, 0) is 0 Å². The van der Waals surface area contributed by atoms with Gasteiger partial charge in [-0.2, -0.15) is 0 Å². The van der Waals surface area contributed by atoms with E-state index in [-0.39, 0.29) is 6.04 Å². The van der Waals surface area contributed by atoms with Crippen LogP contribution in [0, 0.1) is 13.8 Å². The van der Waals surface area contributed by atoms with Gasteiger partial charge in [-0.1, -0.05) is 17.7 Å². The van der Waals surface area contributed by atoms with E-state index in [4.69, 9.17) is 10.5 Å². The SMILES string of the molecule is COc1c(C)cc(C)cc1C(N)c1ncc(Br)[nH]1. The van der Waals surface area contributed by atoms with Crippen LogP contribution in [0.1, 0.15) is 28.6 Å². The minimum absolute atomic E-state index is 0.329. The van der Waals surface area contributed by atoms with E-state index in [1.165, 1.54) is 0 Å². The standard InChI is InChI=1S/C13H16BrN3O/c1-7-4-8(2)12(18-3)9(5-7)11(15)13-16-6-10(14)17-13/h4-6,11H,15H2,1-3H3,(H,16,17). The van der Waals surface area contributed by atoms with Crippen LogP contribution in [0.2, 0.25) is 0 Å². The number of hydrogen-bond acceptors (Lipinski definition) is 3. The van der Waals surface area contributed by atoms with Gasteiger partial charge in [0, 0.05) is 5.56 Å². The van der Waals surface area contributed by atoms with Crippen molar-refractivity contribution in [1.29, 1.82) is 0 Å². The van der Waals surface area contributed by atoms with E-state index >= 15 is 0 Å². The molecule has 1 heterocycles. The summed E-state index contributed by atoms with van der Waals surface area (Å²) >= 11 is 3.33. The van der Waals surface area contributed by atoms with E-state index in [9.17, 15) is 0 Å². The van der Waals surface area contributed by atoms with Gasteiger partial charge in [0.1, 0.15) is 16.2 Å². The Morgan fingerprint density at radius 2 is 2.11 bits per heavy atom. The Morgan fingerprint density at radius 1 is 1.39 bits per heavy atom. The highest BCUT2D eigenvalue weighted by molar-refractivity contribution is 9.10. The highest BCUT2D eigenvalue weighted by atomic mass is 79.9. The predicted octanol–water partition coefficient (Wildman–Crippen LogP) is 2.85. The van der Waals surface area contributed by atoms with Crippen molar-refractivity contribution >= 4 is 15.9 Å². The lowest BCUT2D eigenvalue weighted by molar-refractivity contribution is 0.404. The van der Waals surface area contributed by atoms with Gasteiger partial charge in [0.15, 0.2) is 0 Å². The van der Waals surface area contributed by atoms with Crippen molar-refractivity contribution in [1.82, 2.24) is 9.97 Å². The van der Waals surface area contributed by atoms with E-state index in [1.807, 2.05) is 19.9 Å². The molecular formula is C13H16BrN3O. The predicted molar refractivity (Wildman–Crippen MR) is 74.8 cm³/mol. The second kappa shape index (κ2) is 5.12. The molecule has 0 aliphatic heterocycles. The Hall–Kier alpha value is -1.33. The number of imidazole rings is 1. The topological polar surface area (TPSA) is 63.9 Å². The van der Waals surface area contributed by atoms with Gasteiger partial charge in [-0.25, -0.2) is 4.98 Å². The van der Waals surface area contributed by atoms with Gasteiger partial charge < -0.3 is 15.5 Å². The third-order valence-corrected chi connectivity index (χ3v) is 3.25. The van der Waals surface area contributed by atoms with Crippen molar-refractivity contribution in [3.63, 3.8) is 0 Å². The molecule has 3 N–H and O–H groups in total. The number of nitrogens with zero attached hydrogens (tertiary/aromatic N) is 1. The normalized spacial score (nSPS) is 12.5. The number of aromatic amines is 1. The highest BCUT2D eigenvalue weighted by Gasteiger charge is 2.18. The summed E-state index contributed by atoms with van der Waals surface area (Å²) in [7, 11) is 1.66. The zero-order valence-corrected chi connectivity index (χ0v) is 12.2. The summed E-state index contributed by atoms with van der Waals surface area (Å²) in [5.74, 6) is 1.53. The van der Waals surface area contributed by atoms with E-state index in [0.29, 0.717) is 5.82 Å². The number of rotatable bonds is 3. The van der Waals surface area contributed by atoms with Crippen LogP contribution >= 0.6 is 15.9 Å². The Kier molecular flexibility index (Phi) is 3.73. The van der Waals surface area contributed by atoms with Crippen molar-refractivity contribution in [2.45, 2.75) is 19.9 Å². The first-order valence-corrected chi connectivity index (χ1v) is 6.43. The van der Waals surface area contributed by atoms with E-state index in [1.54, 1.807) is 13.3 Å². The van der Waals surface area contributed by atoms with E-state index < -0.39 is 0 Å². The van der Waals surface area contributed by atoms with Gasteiger partial charge >= 0.3 is 0 Å². The molecule has 0 spiro atoms. The van der Waals surface area contributed by atoms with Gasteiger partial charge in [0.25, 0.3) is 0 Å². The summed E-state index contributed by atoms with van der Waals surface area (Å²) in [6, 6.07) is 3.78. The Bertz CT molecular complexity index is 565. The lowest BCUT2D eigenvalue weighted by Crippen LogP contribution is -2.15. The molecule has 18 heavy (non-hydrogen) atoms. The van der Waals surface area contributed by atoms with Gasteiger partial charge in [-0.15, -0.1) is 0 Å². The van der Waals surface area contributed by atoms with Crippen molar-refractivity contribution in [2.75, 3.05) is 7.11 Å². The van der Waals surface area contributed by atoms with Crippen LogP contribution in [0.4, 0.5) is 0 Å². The fourth-order valence-corrected chi connectivity index (χ4v) is 2.42. The fourth-order valence-electron chi connectivity index (χ4n) is 2.12.